The van der Waals surface area contributed by atoms with Crippen LogP contribution < -0.4 is 10.4 Å². The van der Waals surface area contributed by atoms with Gasteiger partial charge in [-0.05, 0) is 12.1 Å². The molecule has 1 aromatic carbocycles. The van der Waals surface area contributed by atoms with Gasteiger partial charge in [-0.25, -0.2) is 4.79 Å². The van der Waals surface area contributed by atoms with Crippen LogP contribution >= 0.6 is 11.6 Å². The summed E-state index contributed by atoms with van der Waals surface area (Å²) in [5.41, 5.74) is -0.281. The monoisotopic (exact) mass is 277 g/mol. The summed E-state index contributed by atoms with van der Waals surface area (Å²) in [6.45, 7) is 3.82. The Hall–Kier alpha value is -1.99. The molecule has 2 aromatic rings. The number of benzene rings is 1. The molecule has 1 heterocycles. The highest BCUT2D eigenvalue weighted by Gasteiger charge is 2.15. The first-order chi connectivity index (χ1) is 9.01. The Morgan fingerprint density at radius 3 is 2.74 bits per heavy atom. The summed E-state index contributed by atoms with van der Waals surface area (Å²) in [6.07, 6.45) is 0. The largest absolute Gasteiger partial charge is 0.473 e. The first-order valence-corrected chi connectivity index (χ1v) is 6.23. The fourth-order valence-electron chi connectivity index (χ4n) is 1.54. The van der Waals surface area contributed by atoms with Crippen molar-refractivity contribution in [3.8, 4) is 11.8 Å². The van der Waals surface area contributed by atoms with Crippen LogP contribution in [-0.2, 0) is 0 Å². The van der Waals surface area contributed by atoms with Gasteiger partial charge in [-0.1, -0.05) is 25.4 Å². The van der Waals surface area contributed by atoms with Crippen LogP contribution in [0.5, 0.6) is 5.75 Å². The van der Waals surface area contributed by atoms with E-state index >= 15 is 0 Å². The Morgan fingerprint density at radius 2 is 2.11 bits per heavy atom. The molecule has 0 radical (unpaired) electrons. The molecule has 0 spiro atoms. The Kier molecular flexibility index (Phi) is 3.77. The molecule has 1 aromatic heterocycles. The molecule has 0 bridgehead atoms. The molecule has 0 aliphatic heterocycles. The van der Waals surface area contributed by atoms with E-state index in [0.717, 1.165) is 0 Å². The number of alkyl halides is 1. The van der Waals surface area contributed by atoms with Gasteiger partial charge in [0.2, 0.25) is 0 Å². The number of fused-ring (bicyclic) bond motifs is 1. The average molecular weight is 278 g/mol. The summed E-state index contributed by atoms with van der Waals surface area (Å²) in [5, 5.41) is 9.78. The van der Waals surface area contributed by atoms with Gasteiger partial charge in [0.1, 0.15) is 17.4 Å². The van der Waals surface area contributed by atoms with E-state index in [2.05, 4.69) is 0 Å². The van der Waals surface area contributed by atoms with E-state index in [1.807, 2.05) is 19.9 Å². The summed E-state index contributed by atoms with van der Waals surface area (Å²) < 4.78 is 10.6. The van der Waals surface area contributed by atoms with Gasteiger partial charge in [-0.15, -0.1) is 0 Å². The molecule has 0 N–H and O–H groups in total. The molecule has 5 heteroatoms. The molecule has 19 heavy (non-hydrogen) atoms. The number of rotatable bonds is 3. The van der Waals surface area contributed by atoms with E-state index in [1.165, 1.54) is 12.1 Å². The SMILES string of the molecule is CC(C)C(Cl)Oc1cc2oc(=O)ccc2cc1C#N. The van der Waals surface area contributed by atoms with Crippen molar-refractivity contribution in [3.05, 3.63) is 40.2 Å². The Balaban J connectivity index is 2.53. The van der Waals surface area contributed by atoms with Gasteiger partial charge < -0.3 is 9.15 Å². The molecule has 0 aliphatic rings. The summed E-state index contributed by atoms with van der Waals surface area (Å²) in [4.78, 5) is 11.2. The molecule has 4 nitrogen and oxygen atoms in total. The zero-order chi connectivity index (χ0) is 14.0. The lowest BCUT2D eigenvalue weighted by Gasteiger charge is -2.16. The fraction of sp³-hybridized carbons (Fsp3) is 0.286. The first-order valence-electron chi connectivity index (χ1n) is 5.80. The van der Waals surface area contributed by atoms with Gasteiger partial charge in [0.15, 0.2) is 5.56 Å². The molecule has 2 rings (SSSR count). The van der Waals surface area contributed by atoms with E-state index < -0.39 is 11.2 Å². The number of nitrogens with zero attached hydrogens (tertiary/aromatic N) is 1. The molecule has 0 fully saturated rings. The van der Waals surface area contributed by atoms with Crippen LogP contribution in [0.25, 0.3) is 11.0 Å². The molecular formula is C14H12ClNO3. The zero-order valence-corrected chi connectivity index (χ0v) is 11.3. The Labute approximate surface area is 115 Å². The highest BCUT2D eigenvalue weighted by Crippen LogP contribution is 2.27. The molecule has 0 amide bonds. The van der Waals surface area contributed by atoms with Crippen LogP contribution in [0.2, 0.25) is 0 Å². The van der Waals surface area contributed by atoms with Gasteiger partial charge in [0.05, 0.1) is 5.56 Å². The van der Waals surface area contributed by atoms with Gasteiger partial charge in [0.25, 0.3) is 0 Å². The average Bonchev–Trinajstić information content (AvgIpc) is 2.37. The quantitative estimate of drug-likeness (QED) is 0.638. The van der Waals surface area contributed by atoms with Gasteiger partial charge in [-0.3, -0.25) is 0 Å². The predicted octanol–water partition coefficient (Wildman–Crippen LogP) is 3.26. The van der Waals surface area contributed by atoms with E-state index in [9.17, 15) is 4.79 Å². The van der Waals surface area contributed by atoms with Crippen LogP contribution in [0.1, 0.15) is 19.4 Å². The van der Waals surface area contributed by atoms with Crippen LogP contribution in [0.3, 0.4) is 0 Å². The lowest BCUT2D eigenvalue weighted by molar-refractivity contribution is 0.229. The second-order valence-electron chi connectivity index (χ2n) is 4.47. The van der Waals surface area contributed by atoms with Gasteiger partial charge >= 0.3 is 5.63 Å². The van der Waals surface area contributed by atoms with Crippen molar-refractivity contribution in [2.75, 3.05) is 0 Å². The highest BCUT2D eigenvalue weighted by atomic mass is 35.5. The third kappa shape index (κ3) is 2.88. The van der Waals surface area contributed by atoms with Gasteiger partial charge in [0, 0.05) is 23.4 Å². The summed E-state index contributed by atoms with van der Waals surface area (Å²) in [6, 6.07) is 8.08. The molecular weight excluding hydrogens is 266 g/mol. The maximum absolute atomic E-state index is 11.2. The number of halogens is 1. The Morgan fingerprint density at radius 1 is 1.37 bits per heavy atom. The third-order valence-corrected chi connectivity index (χ3v) is 3.20. The molecule has 1 atom stereocenters. The molecule has 0 aliphatic carbocycles. The summed E-state index contributed by atoms with van der Waals surface area (Å²) >= 11 is 6.04. The summed E-state index contributed by atoms with van der Waals surface area (Å²) in [7, 11) is 0. The lowest BCUT2D eigenvalue weighted by Crippen LogP contribution is -2.16. The molecule has 0 saturated carbocycles. The van der Waals surface area contributed by atoms with Crippen molar-refractivity contribution in [1.29, 1.82) is 5.26 Å². The normalized spacial score (nSPS) is 12.4. The van der Waals surface area contributed by atoms with Crippen LogP contribution in [-0.4, -0.2) is 5.56 Å². The van der Waals surface area contributed by atoms with Crippen molar-refractivity contribution < 1.29 is 9.15 Å². The molecule has 98 valence electrons. The number of ether oxygens (including phenoxy) is 1. The van der Waals surface area contributed by atoms with Crippen molar-refractivity contribution in [3.63, 3.8) is 0 Å². The smallest absolute Gasteiger partial charge is 0.336 e. The van der Waals surface area contributed by atoms with Crippen molar-refractivity contribution >= 4 is 22.6 Å². The lowest BCUT2D eigenvalue weighted by atomic mass is 10.1. The minimum Gasteiger partial charge on any atom is -0.473 e. The number of nitriles is 1. The standard InChI is InChI=1S/C14H12ClNO3/c1-8(2)14(15)19-12-6-11-9(5-10(12)7-16)3-4-13(17)18-11/h3-6,8,14H,1-2H3. The second-order valence-corrected chi connectivity index (χ2v) is 4.90. The minimum absolute atomic E-state index is 0.0895. The van der Waals surface area contributed by atoms with E-state index in [0.29, 0.717) is 22.3 Å². The molecule has 1 unspecified atom stereocenters. The van der Waals surface area contributed by atoms with Crippen LogP contribution in [0.15, 0.2) is 33.5 Å². The molecule has 0 saturated heterocycles. The highest BCUT2D eigenvalue weighted by molar-refractivity contribution is 6.20. The van der Waals surface area contributed by atoms with E-state index in [4.69, 9.17) is 26.0 Å². The van der Waals surface area contributed by atoms with Crippen LogP contribution in [0, 0.1) is 17.2 Å². The second kappa shape index (κ2) is 5.33. The first kappa shape index (κ1) is 13.4. The fourth-order valence-corrected chi connectivity index (χ4v) is 1.63. The maximum atomic E-state index is 11.2. The van der Waals surface area contributed by atoms with Gasteiger partial charge in [-0.2, -0.15) is 5.26 Å². The van der Waals surface area contributed by atoms with Crippen LogP contribution in [0.4, 0.5) is 0 Å². The number of hydrogen-bond donors (Lipinski definition) is 0. The number of hydrogen-bond acceptors (Lipinski definition) is 4. The third-order valence-electron chi connectivity index (χ3n) is 2.61. The topological polar surface area (TPSA) is 63.2 Å². The predicted molar refractivity (Wildman–Crippen MR) is 72.3 cm³/mol. The van der Waals surface area contributed by atoms with E-state index in [-0.39, 0.29) is 5.92 Å². The van der Waals surface area contributed by atoms with Crippen molar-refractivity contribution in [1.82, 2.24) is 0 Å². The maximum Gasteiger partial charge on any atom is 0.336 e. The minimum atomic E-state index is -0.556. The Bertz CT molecular complexity index is 700. The van der Waals surface area contributed by atoms with E-state index in [1.54, 1.807) is 12.1 Å². The van der Waals surface area contributed by atoms with Crippen molar-refractivity contribution in [2.24, 2.45) is 5.92 Å². The summed E-state index contributed by atoms with van der Waals surface area (Å²) in [5.74, 6) is 0.407. The zero-order valence-electron chi connectivity index (χ0n) is 10.5. The van der Waals surface area contributed by atoms with Crippen molar-refractivity contribution in [2.45, 2.75) is 19.4 Å².